The Labute approximate surface area is 264 Å². The number of rotatable bonds is 3. The third-order valence-corrected chi connectivity index (χ3v) is 9.31. The van der Waals surface area contributed by atoms with Crippen LogP contribution in [-0.4, -0.2) is 19.1 Å². The molecule has 0 aliphatic heterocycles. The molecule has 0 saturated heterocycles. The van der Waals surface area contributed by atoms with Crippen molar-refractivity contribution in [2.45, 2.75) is 0 Å². The molecule has 0 saturated carbocycles. The number of aromatic nitrogens is 4. The fourth-order valence-corrected chi connectivity index (χ4v) is 7.32. The van der Waals surface area contributed by atoms with Crippen molar-refractivity contribution >= 4 is 65.3 Å². The summed E-state index contributed by atoms with van der Waals surface area (Å²) >= 11 is 0. The largest absolute Gasteiger partial charge is 0.309 e. The van der Waals surface area contributed by atoms with Crippen LogP contribution >= 0.6 is 0 Å². The number of benzene rings is 7. The highest BCUT2D eigenvalue weighted by Crippen LogP contribution is 2.39. The quantitative estimate of drug-likeness (QED) is 0.206. The normalized spacial score (nSPS) is 11.9. The van der Waals surface area contributed by atoms with Crippen molar-refractivity contribution in [2.75, 3.05) is 0 Å². The highest BCUT2D eigenvalue weighted by molar-refractivity contribution is 6.21. The Kier molecular flexibility index (Phi) is 5.25. The smallest absolute Gasteiger partial charge is 0.235 e. The van der Waals surface area contributed by atoms with Gasteiger partial charge in [-0.1, -0.05) is 115 Å². The zero-order chi connectivity index (χ0) is 30.2. The molecule has 4 heteroatoms. The van der Waals surface area contributed by atoms with Gasteiger partial charge in [0.2, 0.25) is 5.95 Å². The maximum absolute atomic E-state index is 5.25. The van der Waals surface area contributed by atoms with E-state index in [4.69, 9.17) is 9.97 Å². The molecular weight excluding hydrogens is 560 g/mol. The van der Waals surface area contributed by atoms with Gasteiger partial charge in [-0.15, -0.1) is 0 Å². The highest BCUT2D eigenvalue weighted by atomic mass is 15.2. The molecule has 0 aliphatic carbocycles. The Balaban J connectivity index is 1.25. The molecule has 46 heavy (non-hydrogen) atoms. The lowest BCUT2D eigenvalue weighted by Gasteiger charge is -2.12. The zero-order valence-electron chi connectivity index (χ0n) is 24.8. The summed E-state index contributed by atoms with van der Waals surface area (Å²) in [5.74, 6) is 0.671. The summed E-state index contributed by atoms with van der Waals surface area (Å²) in [5, 5.41) is 8.37. The Bertz CT molecular complexity index is 2750. The van der Waals surface area contributed by atoms with Gasteiger partial charge in [-0.3, -0.25) is 4.57 Å². The van der Waals surface area contributed by atoms with Crippen LogP contribution in [0.25, 0.3) is 88.2 Å². The predicted octanol–water partition coefficient (Wildman–Crippen LogP) is 10.6. The molecule has 3 heterocycles. The van der Waals surface area contributed by atoms with Crippen LogP contribution in [0.4, 0.5) is 0 Å². The highest BCUT2D eigenvalue weighted by Gasteiger charge is 2.19. The number of fused-ring (bicyclic) bond motifs is 9. The van der Waals surface area contributed by atoms with Crippen LogP contribution in [0.2, 0.25) is 0 Å². The summed E-state index contributed by atoms with van der Waals surface area (Å²) in [6.45, 7) is 0. The first-order chi connectivity index (χ1) is 22.8. The van der Waals surface area contributed by atoms with Crippen LogP contribution in [0, 0.1) is 0 Å². The van der Waals surface area contributed by atoms with E-state index in [0.29, 0.717) is 5.95 Å². The van der Waals surface area contributed by atoms with E-state index in [1.54, 1.807) is 0 Å². The van der Waals surface area contributed by atoms with E-state index in [1.165, 1.54) is 43.4 Å². The van der Waals surface area contributed by atoms with Gasteiger partial charge in [-0.25, -0.2) is 9.97 Å². The molecule has 0 atom stereocenters. The third-order valence-electron chi connectivity index (χ3n) is 9.31. The fraction of sp³-hybridized carbons (Fsp3) is 0. The second-order valence-corrected chi connectivity index (χ2v) is 11.8. The van der Waals surface area contributed by atoms with Crippen molar-refractivity contribution in [3.8, 4) is 22.9 Å². The molecule has 7 aromatic carbocycles. The summed E-state index contributed by atoms with van der Waals surface area (Å²) in [7, 11) is 0. The molecule has 10 rings (SSSR count). The zero-order valence-corrected chi connectivity index (χ0v) is 24.8. The van der Waals surface area contributed by atoms with Crippen LogP contribution in [0.5, 0.6) is 0 Å². The van der Waals surface area contributed by atoms with E-state index in [-0.39, 0.29) is 0 Å². The minimum atomic E-state index is 0.671. The molecule has 0 fully saturated rings. The summed E-state index contributed by atoms with van der Waals surface area (Å²) < 4.78 is 4.61. The molecule has 0 N–H and O–H groups in total. The fourth-order valence-electron chi connectivity index (χ4n) is 7.32. The summed E-state index contributed by atoms with van der Waals surface area (Å²) in [6.07, 6.45) is 0. The topological polar surface area (TPSA) is 35.6 Å². The van der Waals surface area contributed by atoms with Crippen molar-refractivity contribution in [1.82, 2.24) is 19.1 Å². The van der Waals surface area contributed by atoms with Gasteiger partial charge in [0.15, 0.2) is 0 Å². The van der Waals surface area contributed by atoms with Crippen molar-refractivity contribution < 1.29 is 0 Å². The van der Waals surface area contributed by atoms with Gasteiger partial charge >= 0.3 is 0 Å². The van der Waals surface area contributed by atoms with Crippen LogP contribution in [0.1, 0.15) is 0 Å². The lowest BCUT2D eigenvalue weighted by atomic mass is 10.0. The molecule has 0 unspecified atom stereocenters. The first-order valence-corrected chi connectivity index (χ1v) is 15.6. The predicted molar refractivity (Wildman–Crippen MR) is 191 cm³/mol. The third kappa shape index (κ3) is 3.55. The molecule has 0 bridgehead atoms. The van der Waals surface area contributed by atoms with Crippen LogP contribution < -0.4 is 0 Å². The molecule has 3 aromatic heterocycles. The second-order valence-electron chi connectivity index (χ2n) is 11.8. The first kappa shape index (κ1) is 25.1. The molecule has 0 aliphatic rings. The summed E-state index contributed by atoms with van der Waals surface area (Å²) in [5.41, 5.74) is 8.69. The second kappa shape index (κ2) is 9.62. The molecule has 214 valence electrons. The van der Waals surface area contributed by atoms with Gasteiger partial charge < -0.3 is 4.57 Å². The molecule has 0 spiro atoms. The molecule has 0 amide bonds. The van der Waals surface area contributed by atoms with Gasteiger partial charge in [-0.2, -0.15) is 0 Å². The first-order valence-electron chi connectivity index (χ1n) is 15.6. The van der Waals surface area contributed by atoms with Crippen molar-refractivity contribution in [3.05, 3.63) is 158 Å². The minimum absolute atomic E-state index is 0.671. The number of para-hydroxylation sites is 4. The van der Waals surface area contributed by atoms with E-state index in [9.17, 15) is 0 Å². The van der Waals surface area contributed by atoms with Gasteiger partial charge in [0.1, 0.15) is 0 Å². The molecular formula is C42H26N4. The Morgan fingerprint density at radius 1 is 0.391 bits per heavy atom. The Hall–Kier alpha value is -6.26. The monoisotopic (exact) mass is 586 g/mol. The lowest BCUT2D eigenvalue weighted by Crippen LogP contribution is -2.03. The minimum Gasteiger partial charge on any atom is -0.309 e. The number of hydrogen-bond acceptors (Lipinski definition) is 2. The van der Waals surface area contributed by atoms with Crippen LogP contribution in [-0.2, 0) is 0 Å². The van der Waals surface area contributed by atoms with Crippen LogP contribution in [0.3, 0.4) is 0 Å². The Morgan fingerprint density at radius 3 is 1.74 bits per heavy atom. The molecule has 4 nitrogen and oxygen atoms in total. The molecule has 0 radical (unpaired) electrons. The lowest BCUT2D eigenvalue weighted by molar-refractivity contribution is 1.01. The van der Waals surface area contributed by atoms with Gasteiger partial charge in [-0.05, 0) is 53.2 Å². The summed E-state index contributed by atoms with van der Waals surface area (Å²) in [4.78, 5) is 10.4. The summed E-state index contributed by atoms with van der Waals surface area (Å²) in [6, 6.07) is 55.9. The van der Waals surface area contributed by atoms with Crippen molar-refractivity contribution in [2.24, 2.45) is 0 Å². The average molecular weight is 587 g/mol. The maximum atomic E-state index is 5.25. The van der Waals surface area contributed by atoms with Gasteiger partial charge in [0.05, 0.1) is 33.3 Å². The maximum Gasteiger partial charge on any atom is 0.235 e. The number of hydrogen-bond donors (Lipinski definition) is 0. The van der Waals surface area contributed by atoms with E-state index in [2.05, 4.69) is 155 Å². The standard InChI is InChI=1S/C42H26N4/c1-2-12-27(13-3-1)41-33-16-4-8-18-35(33)43-42(44-41)46-38-21-11-7-17-34(38)40-30-24-23-29(26-28(30)22-25-39(40)46)45-36-19-9-5-14-31(36)32-15-6-10-20-37(32)45/h1-26H. The van der Waals surface area contributed by atoms with E-state index < -0.39 is 0 Å². The SMILES string of the molecule is c1ccc(-c2nc(-n3c4ccccc4c4c5ccc(-n6c7ccccc7c7ccccc76)cc5ccc43)nc3ccccc23)cc1. The Morgan fingerprint density at radius 2 is 1.00 bits per heavy atom. The van der Waals surface area contributed by atoms with Crippen molar-refractivity contribution in [1.29, 1.82) is 0 Å². The van der Waals surface area contributed by atoms with E-state index in [0.717, 1.165) is 38.9 Å². The van der Waals surface area contributed by atoms with Crippen molar-refractivity contribution in [3.63, 3.8) is 0 Å². The average Bonchev–Trinajstić information content (AvgIpc) is 3.65. The van der Waals surface area contributed by atoms with Crippen LogP contribution in [0.15, 0.2) is 158 Å². The molecule has 10 aromatic rings. The van der Waals surface area contributed by atoms with E-state index >= 15 is 0 Å². The van der Waals surface area contributed by atoms with Gasteiger partial charge in [0.25, 0.3) is 0 Å². The van der Waals surface area contributed by atoms with E-state index in [1.807, 2.05) is 12.1 Å². The van der Waals surface area contributed by atoms with Gasteiger partial charge in [0, 0.05) is 38.2 Å². The number of nitrogens with zero attached hydrogens (tertiary/aromatic N) is 4.